The molecule has 0 aliphatic rings. The van der Waals surface area contributed by atoms with Crippen LogP contribution in [0.4, 0.5) is 13.2 Å². The zero-order valence-electron chi connectivity index (χ0n) is 14.4. The first-order valence-corrected chi connectivity index (χ1v) is 8.07. The molecule has 0 aliphatic carbocycles. The number of halogens is 3. The van der Waals surface area contributed by atoms with Gasteiger partial charge in [-0.15, -0.1) is 0 Å². The summed E-state index contributed by atoms with van der Waals surface area (Å²) in [5.41, 5.74) is 2.19. The number of carbonyl (C=O) groups excluding carboxylic acids is 1. The van der Waals surface area contributed by atoms with Crippen LogP contribution in [-0.2, 0) is 11.0 Å². The van der Waals surface area contributed by atoms with Crippen molar-refractivity contribution in [2.45, 2.75) is 38.5 Å². The maximum atomic E-state index is 12.8. The van der Waals surface area contributed by atoms with Crippen molar-refractivity contribution in [1.29, 1.82) is 0 Å². The maximum absolute atomic E-state index is 12.8. The van der Waals surface area contributed by atoms with Gasteiger partial charge in [0.25, 0.3) is 0 Å². The second-order valence-corrected chi connectivity index (χ2v) is 6.09. The van der Waals surface area contributed by atoms with Crippen LogP contribution in [0.15, 0.2) is 48.5 Å². The molecule has 26 heavy (non-hydrogen) atoms. The van der Waals surface area contributed by atoms with Gasteiger partial charge in [-0.1, -0.05) is 31.2 Å². The Hall–Kier alpha value is -2.54. The molecule has 2 rings (SSSR count). The smallest absolute Gasteiger partial charge is 0.416 e. The topological polar surface area (TPSA) is 58.6 Å². The van der Waals surface area contributed by atoms with Crippen LogP contribution < -0.4 is 10.2 Å². The number of rotatable bonds is 6. The van der Waals surface area contributed by atoms with Gasteiger partial charge in [0, 0.05) is 6.42 Å². The van der Waals surface area contributed by atoms with Crippen LogP contribution in [0, 0.1) is 0 Å². The maximum Gasteiger partial charge on any atom is 0.416 e. The summed E-state index contributed by atoms with van der Waals surface area (Å²) < 4.78 is 44.1. The normalized spacial score (nSPS) is 13.8. The van der Waals surface area contributed by atoms with Crippen molar-refractivity contribution in [2.75, 3.05) is 0 Å². The average Bonchev–Trinajstić information content (AvgIpc) is 2.61. The zero-order chi connectivity index (χ0) is 19.3. The second-order valence-electron chi connectivity index (χ2n) is 6.09. The fourth-order valence-electron chi connectivity index (χ4n) is 2.56. The van der Waals surface area contributed by atoms with E-state index < -0.39 is 23.8 Å². The number of alkyl halides is 3. The lowest BCUT2D eigenvalue weighted by molar-refractivity contribution is -0.137. The Morgan fingerprint density at radius 2 is 1.77 bits per heavy atom. The second kappa shape index (κ2) is 8.23. The summed E-state index contributed by atoms with van der Waals surface area (Å²) in [5.74, 6) is -0.0643. The molecule has 4 nitrogen and oxygen atoms in total. The Kier molecular flexibility index (Phi) is 6.26. The van der Waals surface area contributed by atoms with Crippen molar-refractivity contribution >= 4 is 5.91 Å². The lowest BCUT2D eigenvalue weighted by Crippen LogP contribution is -2.20. The molecule has 0 aliphatic heterocycles. The molecule has 0 spiro atoms. The van der Waals surface area contributed by atoms with Crippen LogP contribution in [0.3, 0.4) is 0 Å². The summed E-state index contributed by atoms with van der Waals surface area (Å²) >= 11 is 0. The van der Waals surface area contributed by atoms with E-state index in [2.05, 4.69) is 0 Å². The number of amides is 1. The summed E-state index contributed by atoms with van der Waals surface area (Å²) in [6, 6.07) is 12.0. The van der Waals surface area contributed by atoms with E-state index in [1.165, 1.54) is 6.07 Å². The fourth-order valence-corrected chi connectivity index (χ4v) is 2.56. The molecule has 7 heteroatoms. The van der Waals surface area contributed by atoms with Crippen molar-refractivity contribution in [2.24, 2.45) is 0 Å². The van der Waals surface area contributed by atoms with E-state index in [9.17, 15) is 18.0 Å². The van der Waals surface area contributed by atoms with E-state index in [1.807, 2.05) is 6.92 Å². The average molecular weight is 367 g/mol. The van der Waals surface area contributed by atoms with Crippen LogP contribution >= 0.6 is 0 Å². The van der Waals surface area contributed by atoms with Gasteiger partial charge in [0.1, 0.15) is 11.9 Å². The van der Waals surface area contributed by atoms with Crippen LogP contribution in [0.1, 0.15) is 49.0 Å². The summed E-state index contributed by atoms with van der Waals surface area (Å²) in [7, 11) is 0. The number of hydrogen-bond acceptors (Lipinski definition) is 3. The first kappa shape index (κ1) is 19.8. The summed E-state index contributed by atoms with van der Waals surface area (Å²) in [6.07, 6.45) is -4.81. The molecule has 0 bridgehead atoms. The number of carbonyl (C=O) groups is 1. The third-order valence-electron chi connectivity index (χ3n) is 4.06. The molecule has 0 fully saturated rings. The van der Waals surface area contributed by atoms with Gasteiger partial charge >= 0.3 is 6.18 Å². The quantitative estimate of drug-likeness (QED) is 0.567. The molecular weight excluding hydrogens is 347 g/mol. The number of hydroxylamine groups is 1. The third-order valence-corrected chi connectivity index (χ3v) is 4.06. The van der Waals surface area contributed by atoms with Crippen molar-refractivity contribution in [3.63, 3.8) is 0 Å². The molecule has 2 aromatic carbocycles. The Bertz CT molecular complexity index is 744. The number of hydrogen-bond donors (Lipinski definition) is 2. The third kappa shape index (κ3) is 5.23. The van der Waals surface area contributed by atoms with Crippen LogP contribution in [-0.4, -0.2) is 11.1 Å². The summed E-state index contributed by atoms with van der Waals surface area (Å²) in [6.45, 7) is 3.52. The van der Waals surface area contributed by atoms with Gasteiger partial charge in [-0.3, -0.25) is 10.0 Å². The first-order chi connectivity index (χ1) is 12.2. The van der Waals surface area contributed by atoms with E-state index in [1.54, 1.807) is 42.7 Å². The van der Waals surface area contributed by atoms with Gasteiger partial charge in [0.15, 0.2) is 0 Å². The van der Waals surface area contributed by atoms with Gasteiger partial charge in [-0.2, -0.15) is 13.2 Å². The zero-order valence-corrected chi connectivity index (χ0v) is 14.4. The number of nitrogens with one attached hydrogen (secondary N) is 1. The van der Waals surface area contributed by atoms with E-state index in [-0.39, 0.29) is 12.3 Å². The number of ether oxygens (including phenoxy) is 1. The highest BCUT2D eigenvalue weighted by Crippen LogP contribution is 2.32. The molecule has 2 N–H and O–H groups in total. The highest BCUT2D eigenvalue weighted by Gasteiger charge is 2.30. The van der Waals surface area contributed by atoms with Gasteiger partial charge < -0.3 is 4.74 Å². The Labute approximate surface area is 149 Å². The Morgan fingerprint density at radius 1 is 1.12 bits per heavy atom. The molecular formula is C19H20F3NO3. The standard InChI is InChI=1S/C19H20F3NO3/c1-12(10-18(24)23-25)14-6-8-17(9-7-14)26-13(2)15-4-3-5-16(11-15)19(20,21)22/h3-9,11-13,25H,10H2,1-2H3,(H,23,24). The van der Waals surface area contributed by atoms with Crippen LogP contribution in [0.25, 0.3) is 0 Å². The molecule has 2 aromatic rings. The van der Waals surface area contributed by atoms with E-state index in [4.69, 9.17) is 9.94 Å². The molecule has 0 saturated heterocycles. The highest BCUT2D eigenvalue weighted by molar-refractivity contribution is 5.75. The number of benzene rings is 2. The molecule has 2 unspecified atom stereocenters. The van der Waals surface area contributed by atoms with E-state index >= 15 is 0 Å². The molecule has 0 saturated carbocycles. The van der Waals surface area contributed by atoms with Crippen molar-refractivity contribution in [3.8, 4) is 5.75 Å². The van der Waals surface area contributed by atoms with Gasteiger partial charge in [0.05, 0.1) is 5.56 Å². The lowest BCUT2D eigenvalue weighted by Gasteiger charge is -2.17. The Morgan fingerprint density at radius 3 is 2.35 bits per heavy atom. The molecule has 1 amide bonds. The largest absolute Gasteiger partial charge is 0.486 e. The van der Waals surface area contributed by atoms with E-state index in [0.29, 0.717) is 11.3 Å². The Balaban J connectivity index is 2.06. The SMILES string of the molecule is CC(CC(=O)NO)c1ccc(OC(C)c2cccc(C(F)(F)F)c2)cc1. The predicted molar refractivity (Wildman–Crippen MR) is 89.9 cm³/mol. The van der Waals surface area contributed by atoms with Crippen LogP contribution in [0.5, 0.6) is 5.75 Å². The molecule has 0 aromatic heterocycles. The summed E-state index contributed by atoms with van der Waals surface area (Å²) in [4.78, 5) is 11.2. The predicted octanol–water partition coefficient (Wildman–Crippen LogP) is 4.84. The van der Waals surface area contributed by atoms with Crippen LogP contribution in [0.2, 0.25) is 0 Å². The van der Waals surface area contributed by atoms with Crippen molar-refractivity contribution in [1.82, 2.24) is 5.48 Å². The minimum atomic E-state index is -4.39. The lowest BCUT2D eigenvalue weighted by atomic mass is 9.97. The molecule has 2 atom stereocenters. The van der Waals surface area contributed by atoms with E-state index in [0.717, 1.165) is 17.7 Å². The highest BCUT2D eigenvalue weighted by atomic mass is 19.4. The minimum absolute atomic E-state index is 0.0999. The monoisotopic (exact) mass is 367 g/mol. The fraction of sp³-hybridized carbons (Fsp3) is 0.316. The minimum Gasteiger partial charge on any atom is -0.486 e. The van der Waals surface area contributed by atoms with Crippen molar-refractivity contribution < 1.29 is 27.9 Å². The first-order valence-electron chi connectivity index (χ1n) is 8.07. The van der Waals surface area contributed by atoms with Gasteiger partial charge in [-0.25, -0.2) is 5.48 Å². The van der Waals surface area contributed by atoms with Gasteiger partial charge in [0.2, 0.25) is 5.91 Å². The molecule has 140 valence electrons. The molecule has 0 heterocycles. The van der Waals surface area contributed by atoms with Gasteiger partial charge in [-0.05, 0) is 48.2 Å². The summed E-state index contributed by atoms with van der Waals surface area (Å²) in [5, 5.41) is 8.56. The molecule has 0 radical (unpaired) electrons. The van der Waals surface area contributed by atoms with Crippen molar-refractivity contribution in [3.05, 3.63) is 65.2 Å².